The van der Waals surface area contributed by atoms with Crippen molar-refractivity contribution in [2.45, 2.75) is 32.6 Å². The minimum Gasteiger partial charge on any atom is -0.496 e. The van der Waals surface area contributed by atoms with Crippen molar-refractivity contribution in [3.05, 3.63) is 121 Å². The Labute approximate surface area is 209 Å². The Bertz CT molecular complexity index is 1190. The molecule has 0 radical (unpaired) electrons. The van der Waals surface area contributed by atoms with Gasteiger partial charge < -0.3 is 4.74 Å². The number of ether oxygens (including phenoxy) is 1. The van der Waals surface area contributed by atoms with Crippen LogP contribution in [-0.4, -0.2) is 18.2 Å². The van der Waals surface area contributed by atoms with Crippen molar-refractivity contribution < 1.29 is 9.53 Å². The Morgan fingerprint density at radius 3 is 1.57 bits per heavy atom. The van der Waals surface area contributed by atoms with Crippen LogP contribution in [0.4, 0.5) is 0 Å². The number of unbranched alkanes of at least 4 members (excludes halogenated alkanes) is 2. The van der Waals surface area contributed by atoms with Crippen molar-refractivity contribution in [2.75, 3.05) is 7.11 Å². The Morgan fingerprint density at radius 2 is 1.11 bits per heavy atom. The van der Waals surface area contributed by atoms with Crippen LogP contribution < -0.4 is 20.7 Å². The van der Waals surface area contributed by atoms with Crippen molar-refractivity contribution in [3.8, 4) is 5.75 Å². The molecule has 3 heteroatoms. The molecule has 0 fully saturated rings. The van der Waals surface area contributed by atoms with Crippen molar-refractivity contribution in [3.63, 3.8) is 0 Å². The average molecular weight is 481 g/mol. The number of carbonyl (C=O) groups is 1. The van der Waals surface area contributed by atoms with Crippen molar-refractivity contribution in [1.29, 1.82) is 0 Å². The Morgan fingerprint density at radius 1 is 0.657 bits per heavy atom. The molecule has 0 aromatic heterocycles. The molecular weight excluding hydrogens is 447 g/mol. The van der Waals surface area contributed by atoms with Gasteiger partial charge in [0.25, 0.3) is 0 Å². The number of hydrogen-bond donors (Lipinski definition) is 0. The molecule has 0 saturated carbocycles. The number of ketones is 1. The second-order valence-electron chi connectivity index (χ2n) is 8.61. The summed E-state index contributed by atoms with van der Waals surface area (Å²) in [5.74, 6) is 0.709. The van der Waals surface area contributed by atoms with Gasteiger partial charge in [0.1, 0.15) is 5.75 Å². The number of carbonyl (C=O) groups excluding carboxylic acids is 1. The molecule has 0 unspecified atom stereocenters. The van der Waals surface area contributed by atoms with E-state index in [2.05, 4.69) is 79.7 Å². The van der Waals surface area contributed by atoms with Crippen LogP contribution in [0.15, 0.2) is 115 Å². The SMILES string of the molecule is CCCCCC(C(=O)c1ccccc1OC)=P(c1ccccc1)(c1ccccc1)c1ccccc1. The first kappa shape index (κ1) is 24.8. The van der Waals surface area contributed by atoms with Crippen LogP contribution in [0, 0.1) is 0 Å². The number of Topliss-reactive ketones (excluding diaryl/α,β-unsaturated/α-hetero) is 1. The van der Waals surface area contributed by atoms with Crippen molar-refractivity contribution in [1.82, 2.24) is 0 Å². The molecule has 0 amide bonds. The highest BCUT2D eigenvalue weighted by Crippen LogP contribution is 2.48. The third-order valence-corrected chi connectivity index (χ3v) is 10.9. The van der Waals surface area contributed by atoms with Crippen LogP contribution in [0.3, 0.4) is 0 Å². The summed E-state index contributed by atoms with van der Waals surface area (Å²) >= 11 is 0. The first-order valence-electron chi connectivity index (χ1n) is 12.3. The number of hydrogen-bond acceptors (Lipinski definition) is 2. The summed E-state index contributed by atoms with van der Waals surface area (Å²) in [6.07, 6.45) is 3.91. The van der Waals surface area contributed by atoms with Gasteiger partial charge in [-0.1, -0.05) is 123 Å². The van der Waals surface area contributed by atoms with Gasteiger partial charge in [0.05, 0.1) is 12.7 Å². The summed E-state index contributed by atoms with van der Waals surface area (Å²) in [5, 5.41) is 4.59. The van der Waals surface area contributed by atoms with E-state index < -0.39 is 6.89 Å². The van der Waals surface area contributed by atoms with Crippen LogP contribution in [0.5, 0.6) is 5.75 Å². The molecule has 0 aliphatic heterocycles. The molecule has 0 heterocycles. The fourth-order valence-corrected chi connectivity index (χ4v) is 9.44. The summed E-state index contributed by atoms with van der Waals surface area (Å²) in [5.41, 5.74) is 0.633. The van der Waals surface area contributed by atoms with Gasteiger partial charge in [-0.15, -0.1) is 0 Å². The van der Waals surface area contributed by atoms with Gasteiger partial charge in [0, 0.05) is 5.29 Å². The van der Waals surface area contributed by atoms with Gasteiger partial charge in [-0.2, -0.15) is 0 Å². The summed E-state index contributed by atoms with van der Waals surface area (Å²) < 4.78 is 5.65. The fourth-order valence-electron chi connectivity index (χ4n) is 4.83. The zero-order valence-corrected chi connectivity index (χ0v) is 21.5. The van der Waals surface area contributed by atoms with Crippen molar-refractivity contribution >= 4 is 33.9 Å². The van der Waals surface area contributed by atoms with Crippen LogP contribution in [0.25, 0.3) is 0 Å². The zero-order chi connectivity index (χ0) is 24.5. The smallest absolute Gasteiger partial charge is 0.193 e. The Kier molecular flexibility index (Phi) is 8.40. The normalized spacial score (nSPS) is 11.1. The van der Waals surface area contributed by atoms with Crippen LogP contribution in [0.2, 0.25) is 0 Å². The lowest BCUT2D eigenvalue weighted by molar-refractivity contribution is 0.106. The predicted octanol–water partition coefficient (Wildman–Crippen LogP) is 6.62. The van der Waals surface area contributed by atoms with Crippen LogP contribution in [-0.2, 0) is 0 Å². The van der Waals surface area contributed by atoms with Gasteiger partial charge in [-0.05, 0) is 47.8 Å². The molecule has 0 aliphatic carbocycles. The van der Waals surface area contributed by atoms with Gasteiger partial charge >= 0.3 is 0 Å². The number of para-hydroxylation sites is 1. The number of methoxy groups -OCH3 is 1. The monoisotopic (exact) mass is 480 g/mol. The molecule has 0 spiro atoms. The zero-order valence-electron chi connectivity index (χ0n) is 20.6. The standard InChI is InChI=1S/C32H33O2P/c1-3-4-8-25-31(32(33)29-23-15-16-24-30(29)34-2)35(26-17-9-5-10-18-26,27-19-11-6-12-20-27)28-21-13-7-14-22-28/h5-7,9-24H,3-4,8,25H2,1-2H3. The molecule has 4 aromatic rings. The van der Waals surface area contributed by atoms with E-state index in [4.69, 9.17) is 4.74 Å². The fraction of sp³-hybridized carbons (Fsp3) is 0.188. The van der Waals surface area contributed by atoms with Gasteiger partial charge in [-0.3, -0.25) is 4.79 Å². The molecule has 0 bridgehead atoms. The number of benzene rings is 4. The van der Waals surface area contributed by atoms with E-state index in [1.807, 2.05) is 42.5 Å². The number of rotatable bonds is 10. The third kappa shape index (κ3) is 5.04. The molecule has 4 aromatic carbocycles. The maximum atomic E-state index is 14.6. The lowest BCUT2D eigenvalue weighted by atomic mass is 10.0. The topological polar surface area (TPSA) is 26.3 Å². The van der Waals surface area contributed by atoms with E-state index in [0.29, 0.717) is 11.3 Å². The van der Waals surface area contributed by atoms with Crippen molar-refractivity contribution in [2.24, 2.45) is 0 Å². The van der Waals surface area contributed by atoms with Crippen LogP contribution in [0.1, 0.15) is 43.0 Å². The predicted molar refractivity (Wildman–Crippen MR) is 152 cm³/mol. The highest BCUT2D eigenvalue weighted by atomic mass is 31.2. The van der Waals surface area contributed by atoms with Gasteiger partial charge in [0.2, 0.25) is 0 Å². The Balaban J connectivity index is 2.18. The molecule has 0 N–H and O–H groups in total. The lowest BCUT2D eigenvalue weighted by Crippen LogP contribution is -2.33. The van der Waals surface area contributed by atoms with E-state index >= 15 is 0 Å². The van der Waals surface area contributed by atoms with E-state index in [-0.39, 0.29) is 5.78 Å². The van der Waals surface area contributed by atoms with E-state index in [1.54, 1.807) is 7.11 Å². The highest BCUT2D eigenvalue weighted by molar-refractivity contribution is 7.96. The summed E-state index contributed by atoms with van der Waals surface area (Å²) in [7, 11) is 1.64. The van der Waals surface area contributed by atoms with E-state index in [9.17, 15) is 4.79 Å². The second-order valence-corrected chi connectivity index (χ2v) is 12.0. The maximum absolute atomic E-state index is 14.6. The van der Waals surface area contributed by atoms with Crippen LogP contribution >= 0.6 is 6.89 Å². The summed E-state index contributed by atoms with van der Waals surface area (Å²) in [6, 6.07) is 39.5. The molecule has 4 rings (SSSR count). The van der Waals surface area contributed by atoms with E-state index in [0.717, 1.165) is 31.0 Å². The molecule has 0 aliphatic rings. The van der Waals surface area contributed by atoms with E-state index in [1.165, 1.54) is 15.9 Å². The lowest BCUT2D eigenvalue weighted by Gasteiger charge is -2.33. The van der Waals surface area contributed by atoms with Gasteiger partial charge in [0.15, 0.2) is 5.78 Å². The molecule has 35 heavy (non-hydrogen) atoms. The summed E-state index contributed by atoms with van der Waals surface area (Å²) in [4.78, 5) is 14.6. The minimum absolute atomic E-state index is 0.0865. The summed E-state index contributed by atoms with van der Waals surface area (Å²) in [6.45, 7) is -0.240. The van der Waals surface area contributed by atoms with Gasteiger partial charge in [-0.25, -0.2) is 0 Å². The molecule has 178 valence electrons. The quantitative estimate of drug-likeness (QED) is 0.145. The first-order valence-corrected chi connectivity index (χ1v) is 14.1. The molecule has 0 atom stereocenters. The second kappa shape index (κ2) is 11.9. The Hall–Kier alpha value is -3.35. The first-order chi connectivity index (χ1) is 17.2. The molecule has 0 saturated heterocycles. The average Bonchev–Trinajstić information content (AvgIpc) is 2.94. The largest absolute Gasteiger partial charge is 0.496 e. The third-order valence-electron chi connectivity index (χ3n) is 6.47. The minimum atomic E-state index is -2.44. The maximum Gasteiger partial charge on any atom is 0.193 e. The molecule has 2 nitrogen and oxygen atoms in total. The highest BCUT2D eigenvalue weighted by Gasteiger charge is 2.33. The molecular formula is C32H33O2P.